The predicted octanol–water partition coefficient (Wildman–Crippen LogP) is 4.10. The lowest BCUT2D eigenvalue weighted by atomic mass is 9.46. The van der Waals surface area contributed by atoms with Crippen LogP contribution >= 0.6 is 0 Å². The van der Waals surface area contributed by atoms with Gasteiger partial charge in [0.15, 0.2) is 0 Å². The molecule has 3 saturated carbocycles. The van der Waals surface area contributed by atoms with Gasteiger partial charge in [-0.2, -0.15) is 0 Å². The van der Waals surface area contributed by atoms with E-state index < -0.39 is 5.60 Å². The highest BCUT2D eigenvalue weighted by atomic mass is 16.4. The van der Waals surface area contributed by atoms with Crippen LogP contribution in [0.2, 0.25) is 0 Å². The molecule has 0 aromatic carbocycles. The third-order valence-corrected chi connectivity index (χ3v) is 8.95. The summed E-state index contributed by atoms with van der Waals surface area (Å²) in [6, 6.07) is 0. The zero-order valence-corrected chi connectivity index (χ0v) is 15.9. The summed E-state index contributed by atoms with van der Waals surface area (Å²) in [4.78, 5) is 12.5. The van der Waals surface area contributed by atoms with Gasteiger partial charge in [0.25, 0.3) is 0 Å². The highest BCUT2D eigenvalue weighted by Crippen LogP contribution is 2.67. The molecule has 0 saturated heterocycles. The standard InChI is InChI=1S/C21H31NO3/c1-12-14-6-5-13-15(19(14,2)11-17(22-25)18(12)23)7-9-20(3)16(13)8-10-21(20,4)24/h13,15-16,24-25H,5-11H2,1-4H3/t13-,15-,16+,19+,20+,21?/m1/s1. The molecule has 4 heteroatoms. The van der Waals surface area contributed by atoms with E-state index in [1.54, 1.807) is 0 Å². The number of rotatable bonds is 0. The minimum atomic E-state index is -0.560. The molecule has 4 aliphatic rings. The van der Waals surface area contributed by atoms with E-state index in [0.29, 0.717) is 29.9 Å². The SMILES string of the molecule is CC1=C2CC[C@@H]3[C@@H](CC[C@@]4(C)[C@H]3CCC4(C)O)[C@@]2(C)CC(=NO)C1=O. The van der Waals surface area contributed by atoms with Crippen molar-refractivity contribution in [3.05, 3.63) is 11.1 Å². The Morgan fingerprint density at radius 2 is 1.76 bits per heavy atom. The van der Waals surface area contributed by atoms with Crippen LogP contribution in [0.3, 0.4) is 0 Å². The molecule has 0 aromatic heterocycles. The number of allylic oxidation sites excluding steroid dienone is 1. The summed E-state index contributed by atoms with van der Waals surface area (Å²) in [7, 11) is 0. The molecule has 0 spiro atoms. The molecule has 4 aliphatic carbocycles. The molecule has 6 atom stereocenters. The maximum absolute atomic E-state index is 12.5. The first-order valence-electron chi connectivity index (χ1n) is 9.84. The maximum Gasteiger partial charge on any atom is 0.206 e. The first-order valence-corrected chi connectivity index (χ1v) is 9.84. The quantitative estimate of drug-likeness (QED) is 0.513. The van der Waals surface area contributed by atoms with Crippen molar-refractivity contribution < 1.29 is 15.1 Å². The number of nitrogens with zero attached hydrogens (tertiary/aromatic N) is 1. The normalized spacial score (nSPS) is 51.3. The molecule has 4 rings (SSSR count). The van der Waals surface area contributed by atoms with E-state index in [0.717, 1.165) is 44.1 Å². The highest BCUT2D eigenvalue weighted by Gasteiger charge is 2.63. The fourth-order valence-corrected chi connectivity index (χ4v) is 7.26. The van der Waals surface area contributed by atoms with Crippen LogP contribution < -0.4 is 0 Å². The molecule has 0 aromatic rings. The van der Waals surface area contributed by atoms with Gasteiger partial charge in [0.1, 0.15) is 5.71 Å². The largest absolute Gasteiger partial charge is 0.411 e. The van der Waals surface area contributed by atoms with Crippen LogP contribution in [-0.2, 0) is 4.79 Å². The fraction of sp³-hybridized carbons (Fsp3) is 0.810. The van der Waals surface area contributed by atoms with E-state index in [4.69, 9.17) is 0 Å². The number of fused-ring (bicyclic) bond motifs is 5. The van der Waals surface area contributed by atoms with Gasteiger partial charge in [-0.25, -0.2) is 0 Å². The van der Waals surface area contributed by atoms with Crippen LogP contribution in [0.5, 0.6) is 0 Å². The average Bonchev–Trinajstić information content (AvgIpc) is 2.81. The number of ketones is 1. The fourth-order valence-electron chi connectivity index (χ4n) is 7.26. The number of aliphatic hydroxyl groups is 1. The van der Waals surface area contributed by atoms with Crippen molar-refractivity contribution in [3.63, 3.8) is 0 Å². The Hall–Kier alpha value is -1.16. The van der Waals surface area contributed by atoms with E-state index in [1.807, 2.05) is 13.8 Å². The van der Waals surface area contributed by atoms with Gasteiger partial charge < -0.3 is 10.3 Å². The highest BCUT2D eigenvalue weighted by molar-refractivity contribution is 6.46. The molecular formula is C21H31NO3. The Kier molecular flexibility index (Phi) is 3.58. The van der Waals surface area contributed by atoms with Gasteiger partial charge in [-0.1, -0.05) is 24.6 Å². The number of hydrogen-bond donors (Lipinski definition) is 2. The van der Waals surface area contributed by atoms with Crippen LogP contribution in [0, 0.1) is 28.6 Å². The number of Topliss-reactive ketones (excluding diaryl/α,β-unsaturated/α-hetero) is 1. The third-order valence-electron chi connectivity index (χ3n) is 8.95. The molecule has 3 fully saturated rings. The molecule has 25 heavy (non-hydrogen) atoms. The van der Waals surface area contributed by atoms with Gasteiger partial charge in [0, 0.05) is 6.42 Å². The first-order chi connectivity index (χ1) is 11.7. The Labute approximate surface area is 150 Å². The van der Waals surface area contributed by atoms with Crippen molar-refractivity contribution in [2.45, 2.75) is 78.2 Å². The second-order valence-corrected chi connectivity index (χ2v) is 9.76. The summed E-state index contributed by atoms with van der Waals surface area (Å²) in [5.41, 5.74) is 1.83. The summed E-state index contributed by atoms with van der Waals surface area (Å²) in [6.45, 7) is 8.53. The van der Waals surface area contributed by atoms with Crippen molar-refractivity contribution in [1.82, 2.24) is 0 Å². The number of oxime groups is 1. The van der Waals surface area contributed by atoms with Gasteiger partial charge in [0.05, 0.1) is 5.60 Å². The maximum atomic E-state index is 12.5. The summed E-state index contributed by atoms with van der Waals surface area (Å²) in [6.07, 6.45) is 6.82. The Balaban J connectivity index is 1.75. The lowest BCUT2D eigenvalue weighted by Crippen LogP contribution is -2.55. The lowest BCUT2D eigenvalue weighted by Gasteiger charge is -2.59. The van der Waals surface area contributed by atoms with Gasteiger partial charge in [-0.05, 0) is 86.5 Å². The monoisotopic (exact) mass is 345 g/mol. The summed E-state index contributed by atoms with van der Waals surface area (Å²) < 4.78 is 0. The molecule has 0 amide bonds. The minimum Gasteiger partial charge on any atom is -0.411 e. The third kappa shape index (κ3) is 2.03. The molecule has 0 radical (unpaired) electrons. The van der Waals surface area contributed by atoms with E-state index in [-0.39, 0.29) is 16.6 Å². The number of carbonyl (C=O) groups excluding carboxylic acids is 1. The minimum absolute atomic E-state index is 0.0131. The van der Waals surface area contributed by atoms with Crippen LogP contribution in [0.15, 0.2) is 16.3 Å². The second-order valence-electron chi connectivity index (χ2n) is 9.76. The van der Waals surface area contributed by atoms with Crippen LogP contribution in [0.4, 0.5) is 0 Å². The van der Waals surface area contributed by atoms with E-state index >= 15 is 0 Å². The molecule has 0 aliphatic heterocycles. The van der Waals surface area contributed by atoms with E-state index in [2.05, 4.69) is 19.0 Å². The van der Waals surface area contributed by atoms with Crippen molar-refractivity contribution in [3.8, 4) is 0 Å². The smallest absolute Gasteiger partial charge is 0.206 e. The van der Waals surface area contributed by atoms with Crippen molar-refractivity contribution >= 4 is 11.5 Å². The second kappa shape index (κ2) is 5.18. The van der Waals surface area contributed by atoms with Gasteiger partial charge in [-0.15, -0.1) is 0 Å². The van der Waals surface area contributed by atoms with Crippen LogP contribution in [0.1, 0.15) is 72.6 Å². The van der Waals surface area contributed by atoms with Gasteiger partial charge in [0.2, 0.25) is 5.78 Å². The number of carbonyl (C=O) groups is 1. The van der Waals surface area contributed by atoms with Crippen molar-refractivity contribution in [2.24, 2.45) is 33.7 Å². The Bertz CT molecular complexity index is 691. The summed E-state index contributed by atoms with van der Waals surface area (Å²) in [5.74, 6) is 1.61. The molecule has 4 nitrogen and oxygen atoms in total. The van der Waals surface area contributed by atoms with E-state index in [9.17, 15) is 15.1 Å². The zero-order chi connectivity index (χ0) is 18.2. The lowest BCUT2D eigenvalue weighted by molar-refractivity contribution is -0.118. The first kappa shape index (κ1) is 17.3. The molecule has 1 unspecified atom stereocenters. The van der Waals surface area contributed by atoms with E-state index in [1.165, 1.54) is 5.57 Å². The van der Waals surface area contributed by atoms with Crippen molar-refractivity contribution in [2.75, 3.05) is 0 Å². The Morgan fingerprint density at radius 3 is 2.44 bits per heavy atom. The molecule has 2 N–H and O–H groups in total. The van der Waals surface area contributed by atoms with Gasteiger partial charge >= 0.3 is 0 Å². The molecular weight excluding hydrogens is 314 g/mol. The molecule has 0 heterocycles. The van der Waals surface area contributed by atoms with Crippen molar-refractivity contribution in [1.29, 1.82) is 0 Å². The molecule has 138 valence electrons. The molecule has 0 bridgehead atoms. The summed E-state index contributed by atoms with van der Waals surface area (Å²) >= 11 is 0. The number of hydrogen-bond acceptors (Lipinski definition) is 4. The zero-order valence-electron chi connectivity index (χ0n) is 15.9. The van der Waals surface area contributed by atoms with Crippen LogP contribution in [0.25, 0.3) is 0 Å². The predicted molar refractivity (Wildman–Crippen MR) is 96.6 cm³/mol. The summed E-state index contributed by atoms with van der Waals surface area (Å²) in [5, 5.41) is 23.7. The average molecular weight is 345 g/mol. The topological polar surface area (TPSA) is 69.9 Å². The Morgan fingerprint density at radius 1 is 1.08 bits per heavy atom. The van der Waals surface area contributed by atoms with Crippen LogP contribution in [-0.4, -0.2) is 27.4 Å². The van der Waals surface area contributed by atoms with Gasteiger partial charge in [-0.3, -0.25) is 4.79 Å².